The number of hydrogen-bond donors (Lipinski definition) is 2. The maximum atomic E-state index is 10.8. The largest absolute Gasteiger partial charge is 0.396 e. The number of halogens is 1. The number of aliphatic hydroxyl groups excluding tert-OH is 1. The molecule has 0 radical (unpaired) electrons. The molecule has 0 aliphatic rings. The van der Waals surface area contributed by atoms with Crippen LogP contribution in [0.15, 0.2) is 24.3 Å². The van der Waals surface area contributed by atoms with Crippen molar-refractivity contribution in [3.63, 3.8) is 0 Å². The Bertz CT molecular complexity index is 396. The molecule has 1 atom stereocenters. The first kappa shape index (κ1) is 15.8. The molecule has 96 valence electrons. The summed E-state index contributed by atoms with van der Waals surface area (Å²) in [5.41, 5.74) is 5.81. The molecule has 0 heterocycles. The molecule has 3 N–H and O–H groups in total. The minimum atomic E-state index is -0.591. The Morgan fingerprint density at radius 1 is 1.47 bits per heavy atom. The lowest BCUT2D eigenvalue weighted by Gasteiger charge is -2.29. The van der Waals surface area contributed by atoms with E-state index in [9.17, 15) is 15.2 Å². The molecule has 0 aromatic heterocycles. The quantitative estimate of drug-likeness (QED) is 0.640. The van der Waals surface area contributed by atoms with Crippen LogP contribution in [0.25, 0.3) is 0 Å². The van der Waals surface area contributed by atoms with Gasteiger partial charge in [-0.1, -0.05) is 32.0 Å². The van der Waals surface area contributed by atoms with E-state index in [2.05, 4.69) is 0 Å². The molecule has 6 heteroatoms. The first-order valence-electron chi connectivity index (χ1n) is 5.00. The topological polar surface area (TPSA) is 89.4 Å². The summed E-state index contributed by atoms with van der Waals surface area (Å²) in [7, 11) is 0. The highest BCUT2D eigenvalue weighted by atomic mass is 35.5. The van der Waals surface area contributed by atoms with Gasteiger partial charge in [0.15, 0.2) is 0 Å². The van der Waals surface area contributed by atoms with Gasteiger partial charge >= 0.3 is 0 Å². The van der Waals surface area contributed by atoms with Crippen molar-refractivity contribution in [3.05, 3.63) is 39.9 Å². The van der Waals surface area contributed by atoms with Crippen molar-refractivity contribution in [1.82, 2.24) is 0 Å². The van der Waals surface area contributed by atoms with Crippen molar-refractivity contribution >= 4 is 18.1 Å². The van der Waals surface area contributed by atoms with Crippen molar-refractivity contribution in [1.29, 1.82) is 0 Å². The Kier molecular flexibility index (Phi) is 5.54. The minimum Gasteiger partial charge on any atom is -0.396 e. The van der Waals surface area contributed by atoms with E-state index in [1.807, 2.05) is 0 Å². The van der Waals surface area contributed by atoms with Gasteiger partial charge in [0.25, 0.3) is 5.69 Å². The zero-order valence-corrected chi connectivity index (χ0v) is 10.6. The van der Waals surface area contributed by atoms with Crippen LogP contribution in [0.3, 0.4) is 0 Å². The third-order valence-corrected chi connectivity index (χ3v) is 2.72. The van der Waals surface area contributed by atoms with E-state index in [0.717, 1.165) is 0 Å². The number of para-hydroxylation sites is 1. The lowest BCUT2D eigenvalue weighted by Crippen LogP contribution is -2.32. The van der Waals surface area contributed by atoms with Crippen molar-refractivity contribution in [2.75, 3.05) is 6.61 Å². The number of nitrogens with zero attached hydrogens (tertiary/aromatic N) is 1. The van der Waals surface area contributed by atoms with Gasteiger partial charge < -0.3 is 10.8 Å². The molecular weight excluding hydrogens is 244 g/mol. The maximum Gasteiger partial charge on any atom is 0.274 e. The first-order chi connectivity index (χ1) is 7.40. The zero-order chi connectivity index (χ0) is 12.3. The van der Waals surface area contributed by atoms with Crippen LogP contribution in [0.1, 0.15) is 25.5 Å². The monoisotopic (exact) mass is 260 g/mol. The number of nitro groups is 1. The molecular formula is C11H17ClN2O3. The van der Waals surface area contributed by atoms with Crippen LogP contribution in [0.4, 0.5) is 5.69 Å². The van der Waals surface area contributed by atoms with Crippen LogP contribution in [0.2, 0.25) is 0 Å². The molecule has 0 spiro atoms. The Hall–Kier alpha value is -1.17. The fraction of sp³-hybridized carbons (Fsp3) is 0.455. The summed E-state index contributed by atoms with van der Waals surface area (Å²) in [6.45, 7) is 3.42. The first-order valence-corrected chi connectivity index (χ1v) is 5.00. The zero-order valence-electron chi connectivity index (χ0n) is 9.79. The minimum absolute atomic E-state index is 0. The van der Waals surface area contributed by atoms with Crippen LogP contribution in [-0.4, -0.2) is 16.6 Å². The predicted molar refractivity (Wildman–Crippen MR) is 68.1 cm³/mol. The Morgan fingerprint density at radius 2 is 2.00 bits per heavy atom. The second-order valence-corrected chi connectivity index (χ2v) is 4.44. The molecule has 0 saturated heterocycles. The van der Waals surface area contributed by atoms with E-state index in [0.29, 0.717) is 5.56 Å². The average molecular weight is 261 g/mol. The number of rotatable bonds is 4. The fourth-order valence-corrected chi connectivity index (χ4v) is 1.44. The van der Waals surface area contributed by atoms with Gasteiger partial charge in [0.2, 0.25) is 0 Å². The van der Waals surface area contributed by atoms with Gasteiger partial charge in [-0.15, -0.1) is 12.4 Å². The molecule has 1 aromatic carbocycles. The van der Waals surface area contributed by atoms with Gasteiger partial charge in [-0.05, 0) is 0 Å². The van der Waals surface area contributed by atoms with Crippen LogP contribution in [0, 0.1) is 15.5 Å². The van der Waals surface area contributed by atoms with Gasteiger partial charge in [0, 0.05) is 29.7 Å². The molecule has 0 fully saturated rings. The molecule has 1 rings (SSSR count). The summed E-state index contributed by atoms with van der Waals surface area (Å²) in [5, 5.41) is 20.0. The molecule has 5 nitrogen and oxygen atoms in total. The Balaban J connectivity index is 0.00000256. The average Bonchev–Trinajstić information content (AvgIpc) is 2.28. The van der Waals surface area contributed by atoms with Gasteiger partial charge in [-0.3, -0.25) is 10.1 Å². The summed E-state index contributed by atoms with van der Waals surface area (Å²) in [6, 6.07) is 5.78. The smallest absolute Gasteiger partial charge is 0.274 e. The van der Waals surface area contributed by atoms with Crippen LogP contribution in [0.5, 0.6) is 0 Å². The van der Waals surface area contributed by atoms with E-state index in [4.69, 9.17) is 5.73 Å². The highest BCUT2D eigenvalue weighted by Gasteiger charge is 2.31. The summed E-state index contributed by atoms with van der Waals surface area (Å²) < 4.78 is 0. The lowest BCUT2D eigenvalue weighted by molar-refractivity contribution is -0.385. The van der Waals surface area contributed by atoms with Crippen LogP contribution >= 0.6 is 12.4 Å². The van der Waals surface area contributed by atoms with E-state index >= 15 is 0 Å². The third kappa shape index (κ3) is 3.39. The van der Waals surface area contributed by atoms with Gasteiger partial charge in [0.1, 0.15) is 0 Å². The van der Waals surface area contributed by atoms with E-state index in [-0.39, 0.29) is 24.7 Å². The molecule has 0 aliphatic heterocycles. The Morgan fingerprint density at radius 3 is 2.47 bits per heavy atom. The number of benzene rings is 1. The maximum absolute atomic E-state index is 10.8. The van der Waals surface area contributed by atoms with Gasteiger partial charge in [0.05, 0.1) is 4.92 Å². The molecule has 0 amide bonds. The summed E-state index contributed by atoms with van der Waals surface area (Å²) in [6.07, 6.45) is 0. The summed E-state index contributed by atoms with van der Waals surface area (Å²) >= 11 is 0. The SMILES string of the molecule is CC(C)(CO)[C@H](N)c1ccccc1[N+](=O)[O-].Cl. The van der Waals surface area contributed by atoms with E-state index in [1.165, 1.54) is 6.07 Å². The normalized spacial score (nSPS) is 12.7. The van der Waals surface area contributed by atoms with Crippen molar-refractivity contribution in [3.8, 4) is 0 Å². The number of nitro benzene ring substituents is 1. The summed E-state index contributed by atoms with van der Waals surface area (Å²) in [5.74, 6) is 0. The molecule has 0 aliphatic carbocycles. The summed E-state index contributed by atoms with van der Waals surface area (Å²) in [4.78, 5) is 10.4. The standard InChI is InChI=1S/C11H16N2O3.ClH/c1-11(2,7-14)10(12)8-5-3-4-6-9(8)13(15)16;/h3-6,10,14H,7,12H2,1-2H3;1H/t10-;/m1./s1. The van der Waals surface area contributed by atoms with E-state index < -0.39 is 16.4 Å². The predicted octanol–water partition coefficient (Wildman–Crippen LogP) is 2.03. The van der Waals surface area contributed by atoms with Crippen molar-refractivity contribution in [2.24, 2.45) is 11.1 Å². The lowest BCUT2D eigenvalue weighted by atomic mass is 9.81. The molecule has 1 aromatic rings. The molecule has 0 bridgehead atoms. The van der Waals surface area contributed by atoms with Gasteiger partial charge in [-0.2, -0.15) is 0 Å². The fourth-order valence-electron chi connectivity index (χ4n) is 1.44. The Labute approximate surface area is 106 Å². The third-order valence-electron chi connectivity index (χ3n) is 2.72. The molecule has 0 unspecified atom stereocenters. The molecule has 17 heavy (non-hydrogen) atoms. The van der Waals surface area contributed by atoms with Crippen LogP contribution < -0.4 is 5.73 Å². The number of hydrogen-bond acceptors (Lipinski definition) is 4. The number of aliphatic hydroxyl groups is 1. The highest BCUT2D eigenvalue weighted by Crippen LogP contribution is 2.35. The second-order valence-electron chi connectivity index (χ2n) is 4.44. The van der Waals surface area contributed by atoms with Crippen molar-refractivity contribution < 1.29 is 10.0 Å². The highest BCUT2D eigenvalue weighted by molar-refractivity contribution is 5.85. The molecule has 0 saturated carbocycles. The number of nitrogens with two attached hydrogens (primary N) is 1. The van der Waals surface area contributed by atoms with Crippen molar-refractivity contribution in [2.45, 2.75) is 19.9 Å². The second kappa shape index (κ2) is 5.95. The van der Waals surface area contributed by atoms with Gasteiger partial charge in [-0.25, -0.2) is 0 Å². The van der Waals surface area contributed by atoms with Crippen LogP contribution in [-0.2, 0) is 0 Å². The van der Waals surface area contributed by atoms with E-state index in [1.54, 1.807) is 32.0 Å².